The molecule has 0 aliphatic rings. The minimum atomic E-state index is -0.374. The first-order chi connectivity index (χ1) is 7.15. The van der Waals surface area contributed by atoms with E-state index >= 15 is 0 Å². The van der Waals surface area contributed by atoms with Crippen LogP contribution in [-0.2, 0) is 9.53 Å². The smallest absolute Gasteiger partial charge is 0.325 e. The van der Waals surface area contributed by atoms with Gasteiger partial charge in [0, 0.05) is 0 Å². The number of carbonyl (C=O) groups is 1. The lowest BCUT2D eigenvalue weighted by Crippen LogP contribution is -2.17. The molecule has 1 rings (SSSR count). The number of nitrogens with one attached hydrogen (secondary N) is 1. The van der Waals surface area contributed by atoms with E-state index in [1.54, 1.807) is 6.92 Å². The molecule has 0 amide bonds. The van der Waals surface area contributed by atoms with Gasteiger partial charge in [0.05, 0.1) is 18.5 Å². The highest BCUT2D eigenvalue weighted by atomic mass is 35.5. The Balaban J connectivity index is 2.58. The van der Waals surface area contributed by atoms with E-state index in [0.717, 1.165) is 0 Å². The van der Waals surface area contributed by atoms with Crippen molar-refractivity contribution in [1.82, 2.24) is 10.2 Å². The highest BCUT2D eigenvalue weighted by Gasteiger charge is 2.08. The molecule has 7 heteroatoms. The Morgan fingerprint density at radius 3 is 3.00 bits per heavy atom. The molecule has 0 unspecified atom stereocenters. The van der Waals surface area contributed by atoms with Gasteiger partial charge in [-0.15, -0.1) is 5.10 Å². The maximum absolute atomic E-state index is 11.0. The number of ether oxygens (including phenoxy) is 1. The molecule has 15 heavy (non-hydrogen) atoms. The van der Waals surface area contributed by atoms with Gasteiger partial charge in [0.1, 0.15) is 11.6 Å². The van der Waals surface area contributed by atoms with Gasteiger partial charge in [0.15, 0.2) is 5.15 Å². The summed E-state index contributed by atoms with van der Waals surface area (Å²) in [7, 11) is 0. The summed E-state index contributed by atoms with van der Waals surface area (Å²) >= 11 is 11.4. The van der Waals surface area contributed by atoms with Crippen molar-refractivity contribution in [2.75, 3.05) is 18.5 Å². The van der Waals surface area contributed by atoms with Crippen LogP contribution in [0, 0.1) is 0 Å². The van der Waals surface area contributed by atoms with Crippen LogP contribution in [0.15, 0.2) is 6.20 Å². The zero-order valence-corrected chi connectivity index (χ0v) is 9.47. The van der Waals surface area contributed by atoms with Crippen LogP contribution in [0.5, 0.6) is 0 Å². The molecule has 0 bridgehead atoms. The van der Waals surface area contributed by atoms with Gasteiger partial charge in [-0.2, -0.15) is 5.10 Å². The molecule has 0 spiro atoms. The summed E-state index contributed by atoms with van der Waals surface area (Å²) in [5, 5.41) is 10.2. The maximum atomic E-state index is 11.0. The average molecular weight is 250 g/mol. The molecule has 0 radical (unpaired) electrons. The van der Waals surface area contributed by atoms with E-state index in [1.807, 2.05) is 0 Å². The number of esters is 1. The van der Waals surface area contributed by atoms with Crippen LogP contribution >= 0.6 is 23.2 Å². The topological polar surface area (TPSA) is 64.1 Å². The Labute approximate surface area is 96.7 Å². The predicted octanol–water partition coefficient (Wildman–Crippen LogP) is 1.76. The van der Waals surface area contributed by atoms with Gasteiger partial charge in [0.25, 0.3) is 0 Å². The van der Waals surface area contributed by atoms with Crippen LogP contribution in [-0.4, -0.2) is 29.3 Å². The van der Waals surface area contributed by atoms with Crippen LogP contribution in [0.1, 0.15) is 6.92 Å². The molecule has 0 atom stereocenters. The fraction of sp³-hybridized carbons (Fsp3) is 0.375. The van der Waals surface area contributed by atoms with Crippen molar-refractivity contribution in [3.8, 4) is 0 Å². The van der Waals surface area contributed by atoms with Crippen LogP contribution in [0.3, 0.4) is 0 Å². The molecule has 0 saturated carbocycles. The summed E-state index contributed by atoms with van der Waals surface area (Å²) in [6.45, 7) is 2.08. The summed E-state index contributed by atoms with van der Waals surface area (Å²) in [6.07, 6.45) is 1.38. The third kappa shape index (κ3) is 3.53. The summed E-state index contributed by atoms with van der Waals surface area (Å²) in [5.41, 5.74) is 0.449. The Hall–Kier alpha value is -1.07. The molecule has 0 saturated heterocycles. The van der Waals surface area contributed by atoms with Gasteiger partial charge in [-0.05, 0) is 6.92 Å². The van der Waals surface area contributed by atoms with Crippen LogP contribution in [0.2, 0.25) is 10.2 Å². The number of aromatic nitrogens is 2. The van der Waals surface area contributed by atoms with Crippen molar-refractivity contribution >= 4 is 34.9 Å². The van der Waals surface area contributed by atoms with Gasteiger partial charge >= 0.3 is 5.97 Å². The standard InChI is InChI=1S/C8H9Cl2N3O2/c1-2-15-6(14)4-11-5-3-12-13-8(10)7(5)9/h3H,2,4H2,1H3,(H,11,13). The lowest BCUT2D eigenvalue weighted by molar-refractivity contribution is -0.140. The van der Waals surface area contributed by atoms with Gasteiger partial charge in [-0.25, -0.2) is 0 Å². The molecular weight excluding hydrogens is 241 g/mol. The van der Waals surface area contributed by atoms with Crippen molar-refractivity contribution in [1.29, 1.82) is 0 Å². The maximum Gasteiger partial charge on any atom is 0.325 e. The third-order valence-corrected chi connectivity index (χ3v) is 2.22. The normalized spacial score (nSPS) is 9.80. The second kappa shape index (κ2) is 5.72. The quantitative estimate of drug-likeness (QED) is 0.825. The predicted molar refractivity (Wildman–Crippen MR) is 57.2 cm³/mol. The molecule has 5 nitrogen and oxygen atoms in total. The molecular formula is C8H9Cl2N3O2. The van der Waals surface area contributed by atoms with Crippen molar-refractivity contribution < 1.29 is 9.53 Å². The molecule has 0 aliphatic heterocycles. The summed E-state index contributed by atoms with van der Waals surface area (Å²) in [6, 6.07) is 0. The van der Waals surface area contributed by atoms with Crippen molar-refractivity contribution in [3.63, 3.8) is 0 Å². The molecule has 0 fully saturated rings. The Morgan fingerprint density at radius 2 is 2.33 bits per heavy atom. The van der Waals surface area contributed by atoms with Crippen molar-refractivity contribution in [3.05, 3.63) is 16.4 Å². The molecule has 1 aromatic heterocycles. The van der Waals surface area contributed by atoms with Crippen LogP contribution < -0.4 is 5.32 Å². The molecule has 0 aliphatic carbocycles. The van der Waals surface area contributed by atoms with Crippen LogP contribution in [0.4, 0.5) is 5.69 Å². The highest BCUT2D eigenvalue weighted by molar-refractivity contribution is 6.42. The molecule has 0 aromatic carbocycles. The summed E-state index contributed by atoms with van der Waals surface area (Å²) in [5.74, 6) is -0.374. The number of hydrogen-bond acceptors (Lipinski definition) is 5. The number of carbonyl (C=O) groups excluding carboxylic acids is 1. The molecule has 1 aromatic rings. The second-order valence-corrected chi connectivity index (χ2v) is 3.26. The number of rotatable bonds is 4. The summed E-state index contributed by atoms with van der Waals surface area (Å²) < 4.78 is 4.72. The monoisotopic (exact) mass is 249 g/mol. The molecule has 1 N–H and O–H groups in total. The number of hydrogen-bond donors (Lipinski definition) is 1. The zero-order chi connectivity index (χ0) is 11.3. The Bertz CT molecular complexity index is 360. The van der Waals surface area contributed by atoms with E-state index in [-0.39, 0.29) is 22.7 Å². The zero-order valence-electron chi connectivity index (χ0n) is 7.96. The largest absolute Gasteiger partial charge is 0.465 e. The summed E-state index contributed by atoms with van der Waals surface area (Å²) in [4.78, 5) is 11.0. The van der Waals surface area contributed by atoms with Crippen molar-refractivity contribution in [2.45, 2.75) is 6.92 Å². The second-order valence-electron chi connectivity index (χ2n) is 2.52. The fourth-order valence-electron chi connectivity index (χ4n) is 0.852. The van der Waals surface area contributed by atoms with Gasteiger partial charge < -0.3 is 10.1 Å². The number of nitrogens with zero attached hydrogens (tertiary/aromatic N) is 2. The molecule has 1 heterocycles. The lowest BCUT2D eigenvalue weighted by atomic mass is 10.4. The average Bonchev–Trinajstić information content (AvgIpc) is 2.21. The van der Waals surface area contributed by atoms with E-state index < -0.39 is 0 Å². The number of anilines is 1. The van der Waals surface area contributed by atoms with Gasteiger partial charge in [-0.3, -0.25) is 4.79 Å². The van der Waals surface area contributed by atoms with E-state index in [4.69, 9.17) is 27.9 Å². The van der Waals surface area contributed by atoms with E-state index in [2.05, 4.69) is 15.5 Å². The Morgan fingerprint density at radius 1 is 1.60 bits per heavy atom. The first-order valence-electron chi connectivity index (χ1n) is 4.21. The van der Waals surface area contributed by atoms with Crippen molar-refractivity contribution in [2.24, 2.45) is 0 Å². The highest BCUT2D eigenvalue weighted by Crippen LogP contribution is 2.26. The Kier molecular flexibility index (Phi) is 4.58. The number of halogens is 2. The first kappa shape index (κ1) is 12.0. The third-order valence-electron chi connectivity index (χ3n) is 1.48. The molecule has 82 valence electrons. The SMILES string of the molecule is CCOC(=O)CNc1cnnc(Cl)c1Cl. The lowest BCUT2D eigenvalue weighted by Gasteiger charge is -2.07. The van der Waals surface area contributed by atoms with Gasteiger partial charge in [0.2, 0.25) is 0 Å². The van der Waals surface area contributed by atoms with E-state index in [0.29, 0.717) is 12.3 Å². The van der Waals surface area contributed by atoms with Gasteiger partial charge in [-0.1, -0.05) is 23.2 Å². The first-order valence-corrected chi connectivity index (χ1v) is 4.97. The minimum Gasteiger partial charge on any atom is -0.465 e. The van der Waals surface area contributed by atoms with Crippen LogP contribution in [0.25, 0.3) is 0 Å². The minimum absolute atomic E-state index is 0.00951. The fourth-order valence-corrected chi connectivity index (χ4v) is 1.15. The van der Waals surface area contributed by atoms with E-state index in [9.17, 15) is 4.79 Å². The van der Waals surface area contributed by atoms with E-state index in [1.165, 1.54) is 6.20 Å².